The van der Waals surface area contributed by atoms with Crippen molar-refractivity contribution in [2.45, 2.75) is 25.8 Å². The van der Waals surface area contributed by atoms with Crippen molar-refractivity contribution in [2.24, 2.45) is 0 Å². The first kappa shape index (κ1) is 18.6. The summed E-state index contributed by atoms with van der Waals surface area (Å²) < 4.78 is 16.8. The zero-order valence-corrected chi connectivity index (χ0v) is 16.8. The van der Waals surface area contributed by atoms with E-state index in [9.17, 15) is 4.79 Å². The van der Waals surface area contributed by atoms with E-state index in [0.717, 1.165) is 42.3 Å². The minimum atomic E-state index is -0.0746. The number of hydrogen-bond donors (Lipinski definition) is 2. The number of aryl methyl sites for hydroxylation is 1. The van der Waals surface area contributed by atoms with Gasteiger partial charge in [0.1, 0.15) is 24.7 Å². The van der Waals surface area contributed by atoms with E-state index in [2.05, 4.69) is 15.5 Å². The van der Waals surface area contributed by atoms with Gasteiger partial charge in [0.25, 0.3) is 5.91 Å². The SMILES string of the molecule is Cc1ccc(-c2cc(C(=O)N3CCC[C@H](Nc4ccc5c(c4)OCCO5)C3)n[nH]2)o1. The van der Waals surface area contributed by atoms with Crippen molar-refractivity contribution in [1.29, 1.82) is 0 Å². The average molecular weight is 408 g/mol. The monoisotopic (exact) mass is 408 g/mol. The van der Waals surface area contributed by atoms with Gasteiger partial charge in [-0.25, -0.2) is 0 Å². The summed E-state index contributed by atoms with van der Waals surface area (Å²) in [5.41, 5.74) is 2.07. The smallest absolute Gasteiger partial charge is 0.274 e. The number of hydrogen-bond acceptors (Lipinski definition) is 6. The number of carbonyl (C=O) groups is 1. The van der Waals surface area contributed by atoms with Crippen LogP contribution in [0.3, 0.4) is 0 Å². The van der Waals surface area contributed by atoms with Gasteiger partial charge in [-0.3, -0.25) is 9.89 Å². The van der Waals surface area contributed by atoms with Gasteiger partial charge < -0.3 is 24.1 Å². The maximum Gasteiger partial charge on any atom is 0.274 e. The van der Waals surface area contributed by atoms with Gasteiger partial charge in [0.15, 0.2) is 23.0 Å². The number of likely N-dealkylation sites (tertiary alicyclic amines) is 1. The molecular formula is C22H24N4O4. The van der Waals surface area contributed by atoms with Gasteiger partial charge in [-0.2, -0.15) is 5.10 Å². The van der Waals surface area contributed by atoms with E-state index < -0.39 is 0 Å². The molecule has 2 aliphatic heterocycles. The number of carbonyl (C=O) groups excluding carboxylic acids is 1. The minimum Gasteiger partial charge on any atom is -0.486 e. The first-order chi connectivity index (χ1) is 14.7. The molecule has 0 radical (unpaired) electrons. The van der Waals surface area contributed by atoms with Crippen molar-refractivity contribution in [3.8, 4) is 23.0 Å². The summed E-state index contributed by atoms with van der Waals surface area (Å²) in [6.45, 7) is 4.36. The summed E-state index contributed by atoms with van der Waals surface area (Å²) in [5.74, 6) is 2.95. The van der Waals surface area contributed by atoms with E-state index >= 15 is 0 Å². The van der Waals surface area contributed by atoms with Crippen LogP contribution in [0.1, 0.15) is 29.1 Å². The van der Waals surface area contributed by atoms with Crippen LogP contribution >= 0.6 is 0 Å². The van der Waals surface area contributed by atoms with E-state index in [0.29, 0.717) is 36.9 Å². The predicted molar refractivity (Wildman–Crippen MR) is 111 cm³/mol. The predicted octanol–water partition coefficient (Wildman–Crippen LogP) is 3.47. The third-order valence-corrected chi connectivity index (χ3v) is 5.42. The summed E-state index contributed by atoms with van der Waals surface area (Å²) in [7, 11) is 0. The lowest BCUT2D eigenvalue weighted by Gasteiger charge is -2.33. The molecule has 8 heteroatoms. The molecule has 8 nitrogen and oxygen atoms in total. The van der Waals surface area contributed by atoms with E-state index in [-0.39, 0.29) is 11.9 Å². The van der Waals surface area contributed by atoms with Gasteiger partial charge in [-0.15, -0.1) is 0 Å². The number of aromatic nitrogens is 2. The van der Waals surface area contributed by atoms with Gasteiger partial charge in [0.05, 0.1) is 0 Å². The number of benzene rings is 1. The molecule has 0 aliphatic carbocycles. The number of ether oxygens (including phenoxy) is 2. The number of anilines is 1. The lowest BCUT2D eigenvalue weighted by molar-refractivity contribution is 0.0709. The number of furan rings is 1. The Labute approximate surface area is 174 Å². The van der Waals surface area contributed by atoms with Crippen molar-refractivity contribution in [1.82, 2.24) is 15.1 Å². The molecule has 1 fully saturated rings. The summed E-state index contributed by atoms with van der Waals surface area (Å²) >= 11 is 0. The topological polar surface area (TPSA) is 92.6 Å². The highest BCUT2D eigenvalue weighted by molar-refractivity contribution is 5.93. The third kappa shape index (κ3) is 3.72. The van der Waals surface area contributed by atoms with Gasteiger partial charge in [0, 0.05) is 37.0 Å². The van der Waals surface area contributed by atoms with Crippen LogP contribution in [0, 0.1) is 6.92 Å². The van der Waals surface area contributed by atoms with E-state index in [1.807, 2.05) is 42.2 Å². The molecule has 2 aromatic heterocycles. The molecule has 2 N–H and O–H groups in total. The quantitative estimate of drug-likeness (QED) is 0.687. The first-order valence-electron chi connectivity index (χ1n) is 10.2. The molecule has 0 spiro atoms. The fraction of sp³-hybridized carbons (Fsp3) is 0.364. The summed E-state index contributed by atoms with van der Waals surface area (Å²) in [6.07, 6.45) is 1.93. The number of H-pyrrole nitrogens is 1. The number of piperidine rings is 1. The molecule has 0 bridgehead atoms. The number of fused-ring (bicyclic) bond motifs is 1. The molecule has 0 saturated carbocycles. The summed E-state index contributed by atoms with van der Waals surface area (Å²) in [4.78, 5) is 14.8. The second-order valence-corrected chi connectivity index (χ2v) is 7.67. The second-order valence-electron chi connectivity index (χ2n) is 7.67. The van der Waals surface area contributed by atoms with Crippen molar-refractivity contribution in [2.75, 3.05) is 31.6 Å². The van der Waals surface area contributed by atoms with E-state index in [1.165, 1.54) is 0 Å². The number of nitrogens with one attached hydrogen (secondary N) is 2. The molecule has 3 aromatic rings. The summed E-state index contributed by atoms with van der Waals surface area (Å²) in [6, 6.07) is 11.5. The Morgan fingerprint density at radius 3 is 2.87 bits per heavy atom. The van der Waals surface area contributed by atoms with E-state index in [4.69, 9.17) is 13.9 Å². The molecule has 156 valence electrons. The molecular weight excluding hydrogens is 384 g/mol. The Balaban J connectivity index is 1.25. The van der Waals surface area contributed by atoms with Crippen LogP contribution in [0.5, 0.6) is 11.5 Å². The zero-order valence-electron chi connectivity index (χ0n) is 16.8. The molecule has 2 aliphatic rings. The Hall–Kier alpha value is -3.42. The standard InChI is InChI=1S/C22H24N4O4/c1-14-4-6-19(30-14)17-12-18(25-24-17)22(27)26-8-2-3-16(13-26)23-15-5-7-20-21(11-15)29-10-9-28-20/h4-7,11-12,16,23H,2-3,8-10,13H2,1H3,(H,24,25)/t16-/m0/s1. The minimum absolute atomic E-state index is 0.0746. The van der Waals surface area contributed by atoms with Crippen LogP contribution in [0.15, 0.2) is 40.8 Å². The van der Waals surface area contributed by atoms with Crippen LogP contribution in [0.25, 0.3) is 11.5 Å². The normalized spacial score (nSPS) is 18.3. The van der Waals surface area contributed by atoms with Crippen LogP contribution in [-0.4, -0.2) is 53.3 Å². The fourth-order valence-electron chi connectivity index (χ4n) is 3.95. The molecule has 1 saturated heterocycles. The van der Waals surface area contributed by atoms with Gasteiger partial charge >= 0.3 is 0 Å². The number of amides is 1. The molecule has 0 unspecified atom stereocenters. The highest BCUT2D eigenvalue weighted by Crippen LogP contribution is 2.33. The highest BCUT2D eigenvalue weighted by Gasteiger charge is 2.26. The molecule has 5 rings (SSSR count). The number of rotatable bonds is 4. The van der Waals surface area contributed by atoms with Crippen LogP contribution in [0.4, 0.5) is 5.69 Å². The first-order valence-corrected chi connectivity index (χ1v) is 10.2. The Morgan fingerprint density at radius 1 is 1.17 bits per heavy atom. The van der Waals surface area contributed by atoms with Crippen molar-refractivity contribution in [3.63, 3.8) is 0 Å². The van der Waals surface area contributed by atoms with Crippen LogP contribution < -0.4 is 14.8 Å². The van der Waals surface area contributed by atoms with Gasteiger partial charge in [0.2, 0.25) is 0 Å². The lowest BCUT2D eigenvalue weighted by atomic mass is 10.0. The molecule has 1 amide bonds. The van der Waals surface area contributed by atoms with Crippen LogP contribution in [-0.2, 0) is 0 Å². The lowest BCUT2D eigenvalue weighted by Crippen LogP contribution is -2.45. The van der Waals surface area contributed by atoms with Gasteiger partial charge in [-0.05, 0) is 44.0 Å². The second kappa shape index (κ2) is 7.78. The number of nitrogens with zero attached hydrogens (tertiary/aromatic N) is 2. The highest BCUT2D eigenvalue weighted by atomic mass is 16.6. The summed E-state index contributed by atoms with van der Waals surface area (Å²) in [5, 5.41) is 10.6. The van der Waals surface area contributed by atoms with Crippen molar-refractivity contribution >= 4 is 11.6 Å². The Morgan fingerprint density at radius 2 is 2.03 bits per heavy atom. The Kier molecular flexibility index (Phi) is 4.82. The fourth-order valence-corrected chi connectivity index (χ4v) is 3.95. The molecule has 30 heavy (non-hydrogen) atoms. The maximum absolute atomic E-state index is 13.0. The van der Waals surface area contributed by atoms with E-state index in [1.54, 1.807) is 6.07 Å². The van der Waals surface area contributed by atoms with Crippen molar-refractivity contribution in [3.05, 3.63) is 47.9 Å². The van der Waals surface area contributed by atoms with Gasteiger partial charge in [-0.1, -0.05) is 0 Å². The zero-order chi connectivity index (χ0) is 20.5. The van der Waals surface area contributed by atoms with Crippen molar-refractivity contribution < 1.29 is 18.7 Å². The van der Waals surface area contributed by atoms with Crippen LogP contribution in [0.2, 0.25) is 0 Å². The molecule has 4 heterocycles. The molecule has 1 atom stereocenters. The third-order valence-electron chi connectivity index (χ3n) is 5.42. The maximum atomic E-state index is 13.0. The average Bonchev–Trinajstić information content (AvgIpc) is 3.42. The largest absolute Gasteiger partial charge is 0.486 e. The Bertz CT molecular complexity index is 1060. The molecule has 1 aromatic carbocycles. The number of aromatic amines is 1.